The monoisotopic (exact) mass is 249 g/mol. The molecule has 0 aliphatic rings. The summed E-state index contributed by atoms with van der Waals surface area (Å²) < 4.78 is 0. The molecule has 92 valence electrons. The minimum atomic E-state index is -0.217. The summed E-state index contributed by atoms with van der Waals surface area (Å²) in [5, 5.41) is 0. The molecule has 17 heavy (non-hydrogen) atoms. The van der Waals surface area contributed by atoms with Gasteiger partial charge in [-0.25, -0.2) is 0 Å². The number of benzene rings is 1. The average molecular weight is 249 g/mol. The van der Waals surface area contributed by atoms with Gasteiger partial charge in [-0.15, -0.1) is 19.2 Å². The summed E-state index contributed by atoms with van der Waals surface area (Å²) in [6.07, 6.45) is 1.75. The third kappa shape index (κ3) is 3.63. The molecule has 0 atom stereocenters. The Hall–Kier alpha value is -1.22. The molecule has 0 saturated carbocycles. The van der Waals surface area contributed by atoms with Gasteiger partial charge >= 0.3 is 0 Å². The summed E-state index contributed by atoms with van der Waals surface area (Å²) in [5.74, 6) is 0.0192. The minimum Gasteiger partial charge on any atom is -0.330 e. The van der Waals surface area contributed by atoms with Crippen molar-refractivity contribution in [1.29, 1.82) is 0 Å². The molecule has 3 heteroatoms. The maximum Gasteiger partial charge on any atom is 0.254 e. The van der Waals surface area contributed by atoms with E-state index >= 15 is 0 Å². The third-order valence-electron chi connectivity index (χ3n) is 2.48. The van der Waals surface area contributed by atoms with Crippen LogP contribution in [0.1, 0.15) is 31.1 Å². The number of thiol groups is 1. The van der Waals surface area contributed by atoms with E-state index in [9.17, 15) is 4.79 Å². The van der Waals surface area contributed by atoms with E-state index in [2.05, 4.69) is 19.2 Å². The Labute approximate surface area is 109 Å². The number of carbonyl (C=O) groups is 1. The lowest BCUT2D eigenvalue weighted by Gasteiger charge is -2.35. The van der Waals surface area contributed by atoms with Crippen molar-refractivity contribution in [2.24, 2.45) is 0 Å². The molecule has 1 rings (SSSR count). The van der Waals surface area contributed by atoms with Gasteiger partial charge in [0.15, 0.2) is 0 Å². The van der Waals surface area contributed by atoms with Crippen molar-refractivity contribution in [3.05, 3.63) is 42.5 Å². The van der Waals surface area contributed by atoms with E-state index in [1.807, 2.05) is 32.9 Å². The Morgan fingerprint density at radius 3 is 2.29 bits per heavy atom. The summed E-state index contributed by atoms with van der Waals surface area (Å²) in [6.45, 7) is 10.3. The second-order valence-corrected chi connectivity index (χ2v) is 5.44. The van der Waals surface area contributed by atoms with Crippen molar-refractivity contribution in [1.82, 2.24) is 4.90 Å². The quantitative estimate of drug-likeness (QED) is 0.643. The summed E-state index contributed by atoms with van der Waals surface area (Å²) in [5.41, 5.74) is 0.463. The summed E-state index contributed by atoms with van der Waals surface area (Å²) >= 11 is 4.21. The van der Waals surface area contributed by atoms with Gasteiger partial charge in [0, 0.05) is 22.5 Å². The number of rotatable bonds is 3. The Bertz CT molecular complexity index is 403. The van der Waals surface area contributed by atoms with Crippen molar-refractivity contribution >= 4 is 18.5 Å². The molecule has 1 amide bonds. The molecular formula is C14H19NOS. The van der Waals surface area contributed by atoms with Crippen molar-refractivity contribution in [3.63, 3.8) is 0 Å². The summed E-state index contributed by atoms with van der Waals surface area (Å²) in [6, 6.07) is 7.25. The maximum absolute atomic E-state index is 12.3. The molecule has 2 nitrogen and oxygen atoms in total. The Kier molecular flexibility index (Phi) is 4.40. The van der Waals surface area contributed by atoms with Crippen LogP contribution < -0.4 is 0 Å². The molecule has 0 radical (unpaired) electrons. The van der Waals surface area contributed by atoms with Crippen LogP contribution in [0.2, 0.25) is 0 Å². The average Bonchev–Trinajstić information content (AvgIpc) is 2.24. The van der Waals surface area contributed by atoms with Crippen molar-refractivity contribution < 1.29 is 4.79 Å². The van der Waals surface area contributed by atoms with Crippen LogP contribution in [0.15, 0.2) is 41.8 Å². The second kappa shape index (κ2) is 5.41. The first-order valence-electron chi connectivity index (χ1n) is 5.58. The highest BCUT2D eigenvalue weighted by Crippen LogP contribution is 2.18. The van der Waals surface area contributed by atoms with Crippen molar-refractivity contribution in [2.45, 2.75) is 31.2 Å². The van der Waals surface area contributed by atoms with Gasteiger partial charge in [-0.1, -0.05) is 6.08 Å². The zero-order valence-corrected chi connectivity index (χ0v) is 11.5. The molecule has 0 spiro atoms. The lowest BCUT2D eigenvalue weighted by atomic mass is 10.0. The predicted octanol–water partition coefficient (Wildman–Crippen LogP) is 3.40. The summed E-state index contributed by atoms with van der Waals surface area (Å²) in [4.78, 5) is 15.0. The molecule has 0 aliphatic carbocycles. The van der Waals surface area contributed by atoms with Crippen molar-refractivity contribution in [3.8, 4) is 0 Å². The second-order valence-electron chi connectivity index (χ2n) is 4.92. The van der Waals surface area contributed by atoms with E-state index in [-0.39, 0.29) is 11.4 Å². The minimum absolute atomic E-state index is 0.0192. The van der Waals surface area contributed by atoms with Gasteiger partial charge in [-0.3, -0.25) is 4.79 Å². The Morgan fingerprint density at radius 1 is 1.35 bits per heavy atom. The van der Waals surface area contributed by atoms with Crippen LogP contribution in [-0.2, 0) is 0 Å². The molecule has 0 fully saturated rings. The maximum atomic E-state index is 12.3. The van der Waals surface area contributed by atoms with E-state index in [0.29, 0.717) is 12.1 Å². The van der Waals surface area contributed by atoms with E-state index in [0.717, 1.165) is 4.90 Å². The zero-order valence-electron chi connectivity index (χ0n) is 10.6. The lowest BCUT2D eigenvalue weighted by molar-refractivity contribution is 0.0616. The van der Waals surface area contributed by atoms with Crippen LogP contribution in [0.4, 0.5) is 0 Å². The van der Waals surface area contributed by atoms with Gasteiger partial charge in [0.2, 0.25) is 0 Å². The van der Waals surface area contributed by atoms with Crippen molar-refractivity contribution in [2.75, 3.05) is 6.54 Å². The molecule has 1 aromatic carbocycles. The lowest BCUT2D eigenvalue weighted by Crippen LogP contribution is -2.45. The van der Waals surface area contributed by atoms with Gasteiger partial charge < -0.3 is 4.90 Å². The molecule has 0 heterocycles. The van der Waals surface area contributed by atoms with Gasteiger partial charge in [0.05, 0.1) is 0 Å². The van der Waals surface area contributed by atoms with Crippen LogP contribution in [-0.4, -0.2) is 22.9 Å². The van der Waals surface area contributed by atoms with E-state index in [1.54, 1.807) is 23.1 Å². The standard InChI is InChI=1S/C14H19NOS/c1-5-10-15(14(2,3)4)13(16)11-6-8-12(17)9-7-11/h5-9,17H,1,10H2,2-4H3. The fraction of sp³-hybridized carbons (Fsp3) is 0.357. The SMILES string of the molecule is C=CCN(C(=O)c1ccc(S)cc1)C(C)(C)C. The molecule has 0 aromatic heterocycles. The number of hydrogen-bond donors (Lipinski definition) is 1. The fourth-order valence-corrected chi connectivity index (χ4v) is 1.70. The highest BCUT2D eigenvalue weighted by Gasteiger charge is 2.25. The fourth-order valence-electron chi connectivity index (χ4n) is 1.55. The Morgan fingerprint density at radius 2 is 1.88 bits per heavy atom. The third-order valence-corrected chi connectivity index (χ3v) is 2.78. The molecular weight excluding hydrogens is 230 g/mol. The smallest absolute Gasteiger partial charge is 0.254 e. The highest BCUT2D eigenvalue weighted by molar-refractivity contribution is 7.80. The predicted molar refractivity (Wildman–Crippen MR) is 74.7 cm³/mol. The van der Waals surface area contributed by atoms with Gasteiger partial charge in [0.1, 0.15) is 0 Å². The normalized spacial score (nSPS) is 11.1. The van der Waals surface area contributed by atoms with Gasteiger partial charge in [-0.05, 0) is 45.0 Å². The van der Waals surface area contributed by atoms with Crippen LogP contribution in [0, 0.1) is 0 Å². The number of hydrogen-bond acceptors (Lipinski definition) is 2. The molecule has 0 unspecified atom stereocenters. The first-order chi connectivity index (χ1) is 7.86. The van der Waals surface area contributed by atoms with Gasteiger partial charge in [-0.2, -0.15) is 0 Å². The largest absolute Gasteiger partial charge is 0.330 e. The molecule has 0 aliphatic heterocycles. The molecule has 0 N–H and O–H groups in total. The molecule has 0 saturated heterocycles. The van der Waals surface area contributed by atoms with Gasteiger partial charge in [0.25, 0.3) is 5.91 Å². The summed E-state index contributed by atoms with van der Waals surface area (Å²) in [7, 11) is 0. The first kappa shape index (κ1) is 13.8. The molecule has 0 bridgehead atoms. The van der Waals surface area contributed by atoms with Crippen LogP contribution >= 0.6 is 12.6 Å². The number of carbonyl (C=O) groups excluding carboxylic acids is 1. The molecule has 1 aromatic rings. The zero-order chi connectivity index (χ0) is 13.1. The van der Waals surface area contributed by atoms with Crippen LogP contribution in [0.5, 0.6) is 0 Å². The number of nitrogens with zero attached hydrogens (tertiary/aromatic N) is 1. The van der Waals surface area contributed by atoms with E-state index in [1.165, 1.54) is 0 Å². The first-order valence-corrected chi connectivity index (χ1v) is 6.03. The van der Waals surface area contributed by atoms with E-state index < -0.39 is 0 Å². The topological polar surface area (TPSA) is 20.3 Å². The van der Waals surface area contributed by atoms with Crippen LogP contribution in [0.25, 0.3) is 0 Å². The highest BCUT2D eigenvalue weighted by atomic mass is 32.1. The Balaban J connectivity index is 3.00. The van der Waals surface area contributed by atoms with E-state index in [4.69, 9.17) is 0 Å². The number of amides is 1. The van der Waals surface area contributed by atoms with Crippen LogP contribution in [0.3, 0.4) is 0 Å².